The van der Waals surface area contributed by atoms with Crippen molar-refractivity contribution >= 4 is 28.6 Å². The summed E-state index contributed by atoms with van der Waals surface area (Å²) in [5.41, 5.74) is 3.28. The van der Waals surface area contributed by atoms with Gasteiger partial charge in [-0.05, 0) is 29.8 Å². The maximum atomic E-state index is 13.5. The molecule has 22 heavy (non-hydrogen) atoms. The van der Waals surface area contributed by atoms with Crippen molar-refractivity contribution in [3.8, 4) is 0 Å². The first-order valence-electron chi connectivity index (χ1n) is 6.57. The first-order valence-corrected chi connectivity index (χ1v) is 6.95. The molecule has 1 N–H and O–H groups in total. The van der Waals surface area contributed by atoms with Gasteiger partial charge in [0.1, 0.15) is 5.82 Å². The van der Waals surface area contributed by atoms with Crippen molar-refractivity contribution in [1.82, 2.24) is 9.97 Å². The van der Waals surface area contributed by atoms with Crippen LogP contribution in [0.3, 0.4) is 0 Å². The Kier molecular flexibility index (Phi) is 3.81. The predicted octanol–water partition coefficient (Wildman–Crippen LogP) is 3.73. The van der Waals surface area contributed by atoms with Crippen molar-refractivity contribution in [1.29, 1.82) is 0 Å². The number of halogens is 2. The number of hydrogen-bond acceptors (Lipinski definition) is 3. The summed E-state index contributed by atoms with van der Waals surface area (Å²) in [6.07, 6.45) is 2.03. The number of fused-ring (bicyclic) bond motifs is 1. The van der Waals surface area contributed by atoms with Gasteiger partial charge in [-0.2, -0.15) is 0 Å². The maximum absolute atomic E-state index is 13.5. The van der Waals surface area contributed by atoms with Gasteiger partial charge in [0, 0.05) is 18.3 Å². The molecule has 0 aliphatic carbocycles. The topological polar surface area (TPSA) is 55.0 Å². The van der Waals surface area contributed by atoms with Gasteiger partial charge < -0.3 is 9.72 Å². The Balaban J connectivity index is 1.98. The van der Waals surface area contributed by atoms with Crippen molar-refractivity contribution in [2.24, 2.45) is 0 Å². The molecule has 0 bridgehead atoms. The minimum atomic E-state index is -0.455. The Bertz CT molecular complexity index is 860. The van der Waals surface area contributed by atoms with Gasteiger partial charge in [0.2, 0.25) is 0 Å². The number of rotatable bonds is 3. The first-order chi connectivity index (χ1) is 10.6. The van der Waals surface area contributed by atoms with Crippen molar-refractivity contribution in [3.63, 3.8) is 0 Å². The summed E-state index contributed by atoms with van der Waals surface area (Å²) in [6.45, 7) is 0. The third-order valence-corrected chi connectivity index (χ3v) is 3.67. The number of nitrogens with one attached hydrogen (secondary N) is 1. The van der Waals surface area contributed by atoms with Crippen LogP contribution in [0.2, 0.25) is 5.02 Å². The van der Waals surface area contributed by atoms with E-state index in [-0.39, 0.29) is 5.02 Å². The summed E-state index contributed by atoms with van der Waals surface area (Å²) in [5.74, 6) is -0.887. The van der Waals surface area contributed by atoms with Crippen molar-refractivity contribution < 1.29 is 13.9 Å². The van der Waals surface area contributed by atoms with Crippen LogP contribution in [-0.2, 0) is 11.2 Å². The van der Waals surface area contributed by atoms with Crippen LogP contribution in [0, 0.1) is 5.82 Å². The van der Waals surface area contributed by atoms with Crippen LogP contribution in [0.15, 0.2) is 36.5 Å². The van der Waals surface area contributed by atoms with E-state index in [1.54, 1.807) is 18.3 Å². The number of aromatic amines is 1. The third kappa shape index (κ3) is 2.67. The van der Waals surface area contributed by atoms with E-state index in [0.29, 0.717) is 23.0 Å². The van der Waals surface area contributed by atoms with Gasteiger partial charge in [-0.1, -0.05) is 17.7 Å². The van der Waals surface area contributed by atoms with E-state index in [1.165, 1.54) is 19.2 Å². The molecule has 0 aliphatic heterocycles. The fourth-order valence-corrected chi connectivity index (χ4v) is 2.44. The Hall–Kier alpha value is -2.40. The lowest BCUT2D eigenvalue weighted by molar-refractivity contribution is 0.0602. The Morgan fingerprint density at radius 3 is 2.91 bits per heavy atom. The monoisotopic (exact) mass is 318 g/mol. The van der Waals surface area contributed by atoms with Gasteiger partial charge in [-0.3, -0.25) is 4.98 Å². The molecular weight excluding hydrogens is 307 g/mol. The molecule has 1 aromatic carbocycles. The van der Waals surface area contributed by atoms with Crippen molar-refractivity contribution in [2.45, 2.75) is 6.42 Å². The van der Waals surface area contributed by atoms with E-state index in [9.17, 15) is 9.18 Å². The molecule has 3 aromatic rings. The number of methoxy groups -OCH3 is 1. The summed E-state index contributed by atoms with van der Waals surface area (Å²) < 4.78 is 18.2. The fourth-order valence-electron chi connectivity index (χ4n) is 2.33. The summed E-state index contributed by atoms with van der Waals surface area (Å²) in [6, 6.07) is 8.09. The predicted molar refractivity (Wildman–Crippen MR) is 81.6 cm³/mol. The van der Waals surface area contributed by atoms with Crippen LogP contribution in [0.5, 0.6) is 0 Å². The lowest BCUT2D eigenvalue weighted by Crippen LogP contribution is -2.02. The zero-order valence-corrected chi connectivity index (χ0v) is 12.4. The second-order valence-electron chi connectivity index (χ2n) is 4.83. The highest BCUT2D eigenvalue weighted by molar-refractivity contribution is 6.30. The lowest BCUT2D eigenvalue weighted by atomic mass is 10.1. The van der Waals surface area contributed by atoms with E-state index >= 15 is 0 Å². The molecule has 2 aromatic heterocycles. The number of carbonyl (C=O) groups is 1. The largest absolute Gasteiger partial charge is 0.465 e. The number of ether oxygens (including phenoxy) is 1. The molecule has 0 fully saturated rings. The Morgan fingerprint density at radius 1 is 1.36 bits per heavy atom. The van der Waals surface area contributed by atoms with Crippen LogP contribution in [0.25, 0.3) is 11.0 Å². The number of aromatic nitrogens is 2. The molecule has 0 radical (unpaired) electrons. The van der Waals surface area contributed by atoms with Crippen LogP contribution in [0.1, 0.15) is 21.6 Å². The molecule has 112 valence electrons. The molecule has 0 saturated heterocycles. The minimum Gasteiger partial charge on any atom is -0.465 e. The third-order valence-electron chi connectivity index (χ3n) is 3.36. The van der Waals surface area contributed by atoms with Gasteiger partial charge >= 0.3 is 5.97 Å². The number of carbonyl (C=O) groups excluding carboxylic acids is 1. The molecule has 0 aliphatic rings. The number of nitrogens with zero attached hydrogens (tertiary/aromatic N) is 1. The molecule has 0 spiro atoms. The first kappa shape index (κ1) is 14.5. The molecule has 3 rings (SSSR count). The molecule has 0 unspecified atom stereocenters. The quantitative estimate of drug-likeness (QED) is 0.749. The molecule has 0 atom stereocenters. The average Bonchev–Trinajstić information content (AvgIpc) is 2.92. The molecule has 0 saturated carbocycles. The normalized spacial score (nSPS) is 10.9. The fraction of sp³-hybridized carbons (Fsp3) is 0.125. The summed E-state index contributed by atoms with van der Waals surface area (Å²) in [4.78, 5) is 19.1. The molecular formula is C16H12ClFN2O2. The van der Waals surface area contributed by atoms with Crippen LogP contribution >= 0.6 is 11.6 Å². The van der Waals surface area contributed by atoms with E-state index < -0.39 is 11.8 Å². The van der Waals surface area contributed by atoms with Crippen LogP contribution < -0.4 is 0 Å². The number of H-pyrrole nitrogens is 1. The number of esters is 1. The van der Waals surface area contributed by atoms with Gasteiger partial charge in [0.15, 0.2) is 0 Å². The second kappa shape index (κ2) is 5.77. The zero-order valence-electron chi connectivity index (χ0n) is 11.7. The highest BCUT2D eigenvalue weighted by atomic mass is 35.5. The number of hydrogen-bond donors (Lipinski definition) is 1. The van der Waals surface area contributed by atoms with Crippen molar-refractivity contribution in [2.75, 3.05) is 7.11 Å². The molecule has 4 nitrogen and oxygen atoms in total. The van der Waals surface area contributed by atoms with Crippen molar-refractivity contribution in [3.05, 3.63) is 64.2 Å². The molecule has 6 heteroatoms. The smallest absolute Gasteiger partial charge is 0.340 e. The van der Waals surface area contributed by atoms with Crippen LogP contribution in [0.4, 0.5) is 4.39 Å². The van der Waals surface area contributed by atoms with E-state index in [2.05, 4.69) is 9.97 Å². The molecule has 0 amide bonds. The van der Waals surface area contributed by atoms with Gasteiger partial charge in [0.05, 0.1) is 28.7 Å². The van der Waals surface area contributed by atoms with Gasteiger partial charge in [0.25, 0.3) is 0 Å². The van der Waals surface area contributed by atoms with E-state index in [0.717, 1.165) is 11.3 Å². The van der Waals surface area contributed by atoms with E-state index in [4.69, 9.17) is 16.3 Å². The Labute approximate surface area is 130 Å². The highest BCUT2D eigenvalue weighted by Crippen LogP contribution is 2.22. The zero-order chi connectivity index (χ0) is 15.7. The number of benzene rings is 1. The SMILES string of the molecule is COC(=O)c1ccnc2cc(Cc3ccc(Cl)c(F)c3)[nH]c12. The van der Waals surface area contributed by atoms with Gasteiger partial charge in [-0.15, -0.1) is 0 Å². The molecule has 2 heterocycles. The average molecular weight is 319 g/mol. The van der Waals surface area contributed by atoms with Gasteiger partial charge in [-0.25, -0.2) is 9.18 Å². The minimum absolute atomic E-state index is 0.0926. The van der Waals surface area contributed by atoms with Crippen LogP contribution in [-0.4, -0.2) is 23.0 Å². The maximum Gasteiger partial charge on any atom is 0.340 e. The lowest BCUT2D eigenvalue weighted by Gasteiger charge is -2.01. The summed E-state index contributed by atoms with van der Waals surface area (Å²) in [7, 11) is 1.33. The highest BCUT2D eigenvalue weighted by Gasteiger charge is 2.13. The number of pyridine rings is 1. The van der Waals surface area contributed by atoms with E-state index in [1.807, 2.05) is 6.07 Å². The summed E-state index contributed by atoms with van der Waals surface area (Å²) >= 11 is 5.68. The Morgan fingerprint density at radius 2 is 2.18 bits per heavy atom. The second-order valence-corrected chi connectivity index (χ2v) is 5.24. The standard InChI is InChI=1S/C16H12ClFN2O2/c1-22-16(21)11-4-5-19-14-8-10(20-15(11)14)6-9-2-3-12(17)13(18)7-9/h2-5,7-8,20H,6H2,1H3. The summed E-state index contributed by atoms with van der Waals surface area (Å²) in [5, 5.41) is 0.0926.